The number of aliphatic hydroxyl groups is 1. The van der Waals surface area contributed by atoms with Crippen LogP contribution in [0.2, 0.25) is 0 Å². The lowest BCUT2D eigenvalue weighted by atomic mass is 10.1. The molecule has 1 aromatic rings. The number of hydrogen-bond donors (Lipinski definition) is 2. The fourth-order valence-corrected chi connectivity index (χ4v) is 1.74. The standard InChI is InChI=1S/C13H18N2O5/c1-3-4-10(16)8-14-12-6-5-9(15(18)19)7-11(12)13(17)20-2/h5-7,10,14,16H,3-4,8H2,1-2H3. The summed E-state index contributed by atoms with van der Waals surface area (Å²) in [6, 6.07) is 3.88. The van der Waals surface area contributed by atoms with Crippen molar-refractivity contribution >= 4 is 17.3 Å². The lowest BCUT2D eigenvalue weighted by Gasteiger charge is -2.14. The van der Waals surface area contributed by atoms with Crippen LogP contribution in [0.25, 0.3) is 0 Å². The molecule has 1 unspecified atom stereocenters. The van der Waals surface area contributed by atoms with E-state index in [1.807, 2.05) is 6.92 Å². The molecule has 0 fully saturated rings. The molecular weight excluding hydrogens is 264 g/mol. The molecule has 110 valence electrons. The Balaban J connectivity index is 2.94. The Labute approximate surface area is 116 Å². The first-order chi connectivity index (χ1) is 9.49. The summed E-state index contributed by atoms with van der Waals surface area (Å²) in [6.45, 7) is 2.21. The average molecular weight is 282 g/mol. The summed E-state index contributed by atoms with van der Waals surface area (Å²) < 4.78 is 4.60. The second-order valence-electron chi connectivity index (χ2n) is 4.30. The molecule has 7 nitrogen and oxygen atoms in total. The fourth-order valence-electron chi connectivity index (χ4n) is 1.74. The van der Waals surface area contributed by atoms with Crippen molar-refractivity contribution < 1.29 is 19.6 Å². The molecule has 0 heterocycles. The second kappa shape index (κ2) is 7.44. The van der Waals surface area contributed by atoms with Gasteiger partial charge in [0.1, 0.15) is 0 Å². The maximum Gasteiger partial charge on any atom is 0.340 e. The van der Waals surface area contributed by atoms with E-state index in [2.05, 4.69) is 10.1 Å². The topological polar surface area (TPSA) is 102 Å². The summed E-state index contributed by atoms with van der Waals surface area (Å²) in [6.07, 6.45) is 0.932. The molecule has 1 atom stereocenters. The van der Waals surface area contributed by atoms with Crippen LogP contribution in [0.3, 0.4) is 0 Å². The van der Waals surface area contributed by atoms with Gasteiger partial charge in [-0.05, 0) is 12.5 Å². The number of nitro groups is 1. The van der Waals surface area contributed by atoms with E-state index in [1.165, 1.54) is 19.2 Å². The smallest absolute Gasteiger partial charge is 0.340 e. The van der Waals surface area contributed by atoms with Crippen molar-refractivity contribution in [1.82, 2.24) is 0 Å². The number of non-ortho nitro benzene ring substituents is 1. The Morgan fingerprint density at radius 2 is 2.25 bits per heavy atom. The highest BCUT2D eigenvalue weighted by atomic mass is 16.6. The molecule has 0 radical (unpaired) electrons. The number of rotatable bonds is 7. The summed E-state index contributed by atoms with van der Waals surface area (Å²) in [5, 5.41) is 23.3. The highest BCUT2D eigenvalue weighted by Crippen LogP contribution is 2.23. The number of esters is 1. The van der Waals surface area contributed by atoms with Crippen molar-refractivity contribution in [3.05, 3.63) is 33.9 Å². The number of aliphatic hydroxyl groups excluding tert-OH is 1. The van der Waals surface area contributed by atoms with E-state index < -0.39 is 17.0 Å². The van der Waals surface area contributed by atoms with Gasteiger partial charge in [-0.25, -0.2) is 4.79 Å². The van der Waals surface area contributed by atoms with Crippen LogP contribution in [0.4, 0.5) is 11.4 Å². The monoisotopic (exact) mass is 282 g/mol. The third-order valence-corrected chi connectivity index (χ3v) is 2.77. The van der Waals surface area contributed by atoms with E-state index in [9.17, 15) is 20.0 Å². The van der Waals surface area contributed by atoms with Gasteiger partial charge in [-0.3, -0.25) is 10.1 Å². The molecular formula is C13H18N2O5. The number of hydrogen-bond acceptors (Lipinski definition) is 6. The van der Waals surface area contributed by atoms with E-state index in [0.717, 1.165) is 12.5 Å². The number of nitro benzene ring substituents is 1. The van der Waals surface area contributed by atoms with Gasteiger partial charge in [0.15, 0.2) is 0 Å². The van der Waals surface area contributed by atoms with Gasteiger partial charge in [-0.15, -0.1) is 0 Å². The Kier molecular flexibility index (Phi) is 5.92. The molecule has 0 saturated heterocycles. The number of ether oxygens (including phenoxy) is 1. The van der Waals surface area contributed by atoms with Crippen molar-refractivity contribution in [1.29, 1.82) is 0 Å². The van der Waals surface area contributed by atoms with Crippen LogP contribution in [0, 0.1) is 10.1 Å². The molecule has 0 aromatic heterocycles. The number of carbonyl (C=O) groups is 1. The van der Waals surface area contributed by atoms with Crippen LogP contribution >= 0.6 is 0 Å². The lowest BCUT2D eigenvalue weighted by Crippen LogP contribution is -2.20. The van der Waals surface area contributed by atoms with E-state index in [1.54, 1.807) is 0 Å². The minimum atomic E-state index is -0.666. The fraction of sp³-hybridized carbons (Fsp3) is 0.462. The molecule has 0 bridgehead atoms. The van der Waals surface area contributed by atoms with Crippen molar-refractivity contribution in [3.63, 3.8) is 0 Å². The second-order valence-corrected chi connectivity index (χ2v) is 4.30. The summed E-state index contributed by atoms with van der Waals surface area (Å²) in [5.41, 5.74) is 0.285. The largest absolute Gasteiger partial charge is 0.465 e. The van der Waals surface area contributed by atoms with Crippen LogP contribution in [0.5, 0.6) is 0 Å². The van der Waals surface area contributed by atoms with E-state index >= 15 is 0 Å². The van der Waals surface area contributed by atoms with Crippen LogP contribution in [0.1, 0.15) is 30.1 Å². The van der Waals surface area contributed by atoms with Gasteiger partial charge in [0, 0.05) is 24.4 Å². The van der Waals surface area contributed by atoms with Gasteiger partial charge in [0.25, 0.3) is 5.69 Å². The van der Waals surface area contributed by atoms with Crippen LogP contribution < -0.4 is 5.32 Å². The zero-order valence-electron chi connectivity index (χ0n) is 11.5. The maximum absolute atomic E-state index is 11.6. The molecule has 0 aliphatic rings. The quantitative estimate of drug-likeness (QED) is 0.450. The van der Waals surface area contributed by atoms with E-state index in [0.29, 0.717) is 12.1 Å². The van der Waals surface area contributed by atoms with Crippen molar-refractivity contribution in [2.24, 2.45) is 0 Å². The molecule has 0 amide bonds. The number of methoxy groups -OCH3 is 1. The first kappa shape index (κ1) is 15.9. The molecule has 7 heteroatoms. The summed E-state index contributed by atoms with van der Waals surface area (Å²) >= 11 is 0. The van der Waals surface area contributed by atoms with E-state index in [4.69, 9.17) is 0 Å². The average Bonchev–Trinajstić information content (AvgIpc) is 2.44. The lowest BCUT2D eigenvalue weighted by molar-refractivity contribution is -0.384. The predicted molar refractivity (Wildman–Crippen MR) is 73.8 cm³/mol. The molecule has 0 aliphatic carbocycles. The number of anilines is 1. The van der Waals surface area contributed by atoms with Crippen molar-refractivity contribution in [3.8, 4) is 0 Å². The summed E-state index contributed by atoms with van der Waals surface area (Å²) in [4.78, 5) is 21.8. The Morgan fingerprint density at radius 3 is 2.80 bits per heavy atom. The third-order valence-electron chi connectivity index (χ3n) is 2.77. The first-order valence-electron chi connectivity index (χ1n) is 6.28. The minimum Gasteiger partial charge on any atom is -0.465 e. The molecule has 20 heavy (non-hydrogen) atoms. The number of nitrogens with zero attached hydrogens (tertiary/aromatic N) is 1. The summed E-state index contributed by atoms with van der Waals surface area (Å²) in [5.74, 6) is -0.666. The van der Waals surface area contributed by atoms with Gasteiger partial charge in [0.2, 0.25) is 0 Å². The normalized spacial score (nSPS) is 11.8. The number of carbonyl (C=O) groups excluding carboxylic acids is 1. The predicted octanol–water partition coefficient (Wildman–Crippen LogP) is 1.95. The number of nitrogens with one attached hydrogen (secondary N) is 1. The maximum atomic E-state index is 11.6. The molecule has 0 aliphatic heterocycles. The van der Waals surface area contributed by atoms with E-state index in [-0.39, 0.29) is 17.8 Å². The number of benzene rings is 1. The van der Waals surface area contributed by atoms with Crippen LogP contribution in [0.15, 0.2) is 18.2 Å². The summed E-state index contributed by atoms with van der Waals surface area (Å²) in [7, 11) is 1.21. The molecule has 1 rings (SSSR count). The Morgan fingerprint density at radius 1 is 1.55 bits per heavy atom. The van der Waals surface area contributed by atoms with Gasteiger partial charge in [-0.2, -0.15) is 0 Å². The highest BCUT2D eigenvalue weighted by Gasteiger charge is 2.17. The molecule has 0 spiro atoms. The van der Waals surface area contributed by atoms with Crippen LogP contribution in [-0.2, 0) is 4.74 Å². The first-order valence-corrected chi connectivity index (χ1v) is 6.28. The van der Waals surface area contributed by atoms with Gasteiger partial charge < -0.3 is 15.2 Å². The molecule has 1 aromatic carbocycles. The Hall–Kier alpha value is -2.15. The molecule has 0 saturated carbocycles. The van der Waals surface area contributed by atoms with Crippen molar-refractivity contribution in [2.75, 3.05) is 19.0 Å². The molecule has 2 N–H and O–H groups in total. The zero-order chi connectivity index (χ0) is 15.1. The SMILES string of the molecule is CCCC(O)CNc1ccc([N+](=O)[O-])cc1C(=O)OC. The van der Waals surface area contributed by atoms with Gasteiger partial charge in [-0.1, -0.05) is 13.3 Å². The van der Waals surface area contributed by atoms with Gasteiger partial charge >= 0.3 is 5.97 Å². The zero-order valence-corrected chi connectivity index (χ0v) is 11.5. The Bertz CT molecular complexity index is 490. The van der Waals surface area contributed by atoms with Crippen LogP contribution in [-0.4, -0.2) is 35.8 Å². The third kappa shape index (κ3) is 4.20. The minimum absolute atomic E-state index is 0.0744. The highest BCUT2D eigenvalue weighted by molar-refractivity contribution is 5.96. The van der Waals surface area contributed by atoms with Crippen molar-refractivity contribution in [2.45, 2.75) is 25.9 Å². The van der Waals surface area contributed by atoms with Gasteiger partial charge in [0.05, 0.1) is 23.7 Å².